The fraction of sp³-hybridized carbons (Fsp3) is 0.417. The Hall–Kier alpha value is -3.27. The van der Waals surface area contributed by atoms with Crippen molar-refractivity contribution in [2.45, 2.75) is 19.5 Å². The molecule has 7 nitrogen and oxygen atoms in total. The predicted molar refractivity (Wildman–Crippen MR) is 123 cm³/mol. The number of hydrogen-bond donors (Lipinski definition) is 2. The SMILES string of the molecule is CCC(=O)Nc1cc(C(=O)NC2=CC(C(F)(F)F)C(=CN3CCN(C)CC3)C=C2)ccc1OC. The maximum absolute atomic E-state index is 13.8. The molecule has 0 radical (unpaired) electrons. The van der Waals surface area contributed by atoms with Gasteiger partial charge in [0, 0.05) is 50.1 Å². The van der Waals surface area contributed by atoms with Gasteiger partial charge in [-0.1, -0.05) is 13.0 Å². The number of piperazine rings is 1. The fourth-order valence-electron chi connectivity index (χ4n) is 3.66. The van der Waals surface area contributed by atoms with Crippen LogP contribution in [-0.2, 0) is 4.79 Å². The molecule has 34 heavy (non-hydrogen) atoms. The molecule has 1 aliphatic carbocycles. The molecule has 0 spiro atoms. The molecular weight excluding hydrogens is 449 g/mol. The number of methoxy groups -OCH3 is 1. The molecule has 1 saturated heterocycles. The van der Waals surface area contributed by atoms with Crippen LogP contribution in [0.1, 0.15) is 23.7 Å². The molecule has 2 amide bonds. The predicted octanol–water partition coefficient (Wildman–Crippen LogP) is 3.54. The third-order valence-electron chi connectivity index (χ3n) is 5.70. The average molecular weight is 479 g/mol. The maximum Gasteiger partial charge on any atom is 0.399 e. The van der Waals surface area contributed by atoms with Crippen molar-refractivity contribution in [2.24, 2.45) is 5.92 Å². The number of anilines is 1. The second-order valence-electron chi connectivity index (χ2n) is 8.21. The molecule has 1 heterocycles. The molecule has 2 N–H and O–H groups in total. The number of carbonyl (C=O) groups is 2. The number of ether oxygens (including phenoxy) is 1. The topological polar surface area (TPSA) is 73.9 Å². The van der Waals surface area contributed by atoms with Crippen LogP contribution >= 0.6 is 0 Å². The van der Waals surface area contributed by atoms with Crippen LogP contribution < -0.4 is 15.4 Å². The molecule has 3 rings (SSSR count). The summed E-state index contributed by atoms with van der Waals surface area (Å²) in [4.78, 5) is 28.5. The Labute approximate surface area is 196 Å². The van der Waals surface area contributed by atoms with Crippen LogP contribution in [0.25, 0.3) is 0 Å². The van der Waals surface area contributed by atoms with Crippen LogP contribution in [0.5, 0.6) is 5.75 Å². The first-order valence-electron chi connectivity index (χ1n) is 11.0. The Balaban J connectivity index is 1.78. The van der Waals surface area contributed by atoms with E-state index in [0.717, 1.165) is 19.2 Å². The number of allylic oxidation sites excluding steroid dienone is 4. The van der Waals surface area contributed by atoms with Crippen LogP contribution in [0.2, 0.25) is 0 Å². The molecule has 184 valence electrons. The highest BCUT2D eigenvalue weighted by atomic mass is 19.4. The highest BCUT2D eigenvalue weighted by molar-refractivity contribution is 5.99. The molecule has 0 bridgehead atoms. The number of amides is 2. The molecule has 1 aromatic carbocycles. The fourth-order valence-corrected chi connectivity index (χ4v) is 3.66. The first-order valence-corrected chi connectivity index (χ1v) is 11.0. The van der Waals surface area contributed by atoms with Gasteiger partial charge in [-0.15, -0.1) is 0 Å². The number of nitrogens with one attached hydrogen (secondary N) is 2. The zero-order valence-electron chi connectivity index (χ0n) is 19.4. The molecule has 0 saturated carbocycles. The third kappa shape index (κ3) is 6.40. The molecule has 10 heteroatoms. The van der Waals surface area contributed by atoms with Crippen LogP contribution in [-0.4, -0.2) is 68.1 Å². The lowest BCUT2D eigenvalue weighted by molar-refractivity contribution is -0.151. The van der Waals surface area contributed by atoms with E-state index in [9.17, 15) is 22.8 Å². The van der Waals surface area contributed by atoms with Crippen molar-refractivity contribution in [2.75, 3.05) is 45.7 Å². The van der Waals surface area contributed by atoms with Gasteiger partial charge in [-0.25, -0.2) is 0 Å². The number of rotatable bonds is 6. The van der Waals surface area contributed by atoms with Gasteiger partial charge in [0.05, 0.1) is 12.8 Å². The molecule has 1 aromatic rings. The number of hydrogen-bond acceptors (Lipinski definition) is 5. The summed E-state index contributed by atoms with van der Waals surface area (Å²) in [5.41, 5.74) is 0.659. The van der Waals surface area contributed by atoms with E-state index in [2.05, 4.69) is 15.5 Å². The molecule has 2 aliphatic rings. The minimum absolute atomic E-state index is 0.0535. The zero-order chi connectivity index (χ0) is 24.9. The van der Waals surface area contributed by atoms with Crippen molar-refractivity contribution >= 4 is 17.5 Å². The molecule has 1 aliphatic heterocycles. The second kappa shape index (κ2) is 10.8. The van der Waals surface area contributed by atoms with Crippen molar-refractivity contribution in [1.29, 1.82) is 0 Å². The summed E-state index contributed by atoms with van der Waals surface area (Å²) in [5, 5.41) is 5.18. The van der Waals surface area contributed by atoms with E-state index in [0.29, 0.717) is 24.5 Å². The Morgan fingerprint density at radius 1 is 1.15 bits per heavy atom. The van der Waals surface area contributed by atoms with E-state index >= 15 is 0 Å². The Morgan fingerprint density at radius 2 is 1.85 bits per heavy atom. The van der Waals surface area contributed by atoms with Gasteiger partial charge in [0.2, 0.25) is 5.91 Å². The first kappa shape index (κ1) is 25.4. The van der Waals surface area contributed by atoms with Crippen molar-refractivity contribution in [3.63, 3.8) is 0 Å². The van der Waals surface area contributed by atoms with E-state index < -0.39 is 18.0 Å². The number of benzene rings is 1. The van der Waals surface area contributed by atoms with Crippen molar-refractivity contribution in [3.8, 4) is 5.75 Å². The normalized spacial score (nSPS) is 20.2. The molecule has 1 atom stereocenters. The summed E-state index contributed by atoms with van der Waals surface area (Å²) in [5.74, 6) is -2.33. The number of likely N-dealkylation sites (N-methyl/N-ethyl adjacent to an activating group) is 1. The number of halogens is 3. The monoisotopic (exact) mass is 478 g/mol. The Bertz CT molecular complexity index is 1010. The average Bonchev–Trinajstić information content (AvgIpc) is 2.80. The van der Waals surface area contributed by atoms with Gasteiger partial charge in [-0.05, 0) is 43.0 Å². The van der Waals surface area contributed by atoms with Crippen molar-refractivity contribution in [3.05, 3.63) is 59.5 Å². The summed E-state index contributed by atoms with van der Waals surface area (Å²) in [7, 11) is 3.41. The number of carbonyl (C=O) groups excluding carboxylic acids is 2. The van der Waals surface area contributed by atoms with Gasteiger partial charge < -0.3 is 25.2 Å². The lowest BCUT2D eigenvalue weighted by Gasteiger charge is -2.33. The number of alkyl halides is 3. The quantitative estimate of drug-likeness (QED) is 0.655. The summed E-state index contributed by atoms with van der Waals surface area (Å²) >= 11 is 0. The van der Waals surface area contributed by atoms with E-state index in [1.165, 1.54) is 37.5 Å². The van der Waals surface area contributed by atoms with Crippen LogP contribution in [0.3, 0.4) is 0 Å². The zero-order valence-corrected chi connectivity index (χ0v) is 19.4. The Kier molecular flexibility index (Phi) is 8.03. The van der Waals surface area contributed by atoms with Crippen LogP contribution in [0.4, 0.5) is 18.9 Å². The van der Waals surface area contributed by atoms with E-state index in [1.54, 1.807) is 13.1 Å². The molecule has 1 fully saturated rings. The minimum atomic E-state index is -4.50. The molecule has 0 aromatic heterocycles. The van der Waals surface area contributed by atoms with Crippen LogP contribution in [0.15, 0.2) is 53.9 Å². The van der Waals surface area contributed by atoms with E-state index in [1.807, 2.05) is 11.9 Å². The molecule has 1 unspecified atom stereocenters. The lowest BCUT2D eigenvalue weighted by Crippen LogP contribution is -2.42. The minimum Gasteiger partial charge on any atom is -0.495 e. The van der Waals surface area contributed by atoms with E-state index in [4.69, 9.17) is 4.74 Å². The van der Waals surface area contributed by atoms with Crippen molar-refractivity contribution < 1.29 is 27.5 Å². The highest BCUT2D eigenvalue weighted by Gasteiger charge is 2.41. The number of nitrogens with zero attached hydrogens (tertiary/aromatic N) is 2. The van der Waals surface area contributed by atoms with Crippen molar-refractivity contribution in [1.82, 2.24) is 15.1 Å². The smallest absolute Gasteiger partial charge is 0.399 e. The summed E-state index contributed by atoms with van der Waals surface area (Å²) in [6.07, 6.45) is 1.17. The van der Waals surface area contributed by atoms with Gasteiger partial charge in [0.1, 0.15) is 11.7 Å². The standard InChI is InChI=1S/C24H29F3N4O3/c1-4-22(32)29-20-13-16(6-8-21(20)34-3)23(33)28-18-7-5-17(19(14-18)24(25,26)27)15-31-11-9-30(2)10-12-31/h5-8,13-15,19H,4,9-12H2,1-3H3,(H,28,33)(H,29,32). The van der Waals surface area contributed by atoms with Gasteiger partial charge in [-0.2, -0.15) is 13.2 Å². The Morgan fingerprint density at radius 3 is 2.47 bits per heavy atom. The third-order valence-corrected chi connectivity index (χ3v) is 5.70. The van der Waals surface area contributed by atoms with Crippen LogP contribution in [0, 0.1) is 5.92 Å². The largest absolute Gasteiger partial charge is 0.495 e. The molecular formula is C24H29F3N4O3. The summed E-state index contributed by atoms with van der Waals surface area (Å²) in [6, 6.07) is 4.41. The highest BCUT2D eigenvalue weighted by Crippen LogP contribution is 2.37. The summed E-state index contributed by atoms with van der Waals surface area (Å²) in [6.45, 7) is 4.55. The van der Waals surface area contributed by atoms with Gasteiger partial charge in [0.15, 0.2) is 0 Å². The maximum atomic E-state index is 13.8. The lowest BCUT2D eigenvalue weighted by atomic mass is 9.92. The summed E-state index contributed by atoms with van der Waals surface area (Å²) < 4.78 is 46.7. The first-order chi connectivity index (χ1) is 16.1. The van der Waals surface area contributed by atoms with Gasteiger partial charge in [0.25, 0.3) is 5.91 Å². The van der Waals surface area contributed by atoms with Gasteiger partial charge >= 0.3 is 6.18 Å². The van der Waals surface area contributed by atoms with Gasteiger partial charge in [-0.3, -0.25) is 9.59 Å². The second-order valence-corrected chi connectivity index (χ2v) is 8.21. The van der Waals surface area contributed by atoms with E-state index in [-0.39, 0.29) is 29.2 Å².